The molecule has 1 heterocycles. The zero-order chi connectivity index (χ0) is 6.91. The SMILES string of the molecule is CC(=O)CCC1(C)N=N1. The number of rotatable bonds is 3. The molecule has 0 radical (unpaired) electrons. The van der Waals surface area contributed by atoms with E-state index in [0.717, 1.165) is 6.42 Å². The average Bonchev–Trinajstić information content (AvgIpc) is 2.45. The van der Waals surface area contributed by atoms with Gasteiger partial charge in [0.2, 0.25) is 0 Å². The Morgan fingerprint density at radius 3 is 2.44 bits per heavy atom. The third-order valence-electron chi connectivity index (χ3n) is 1.39. The number of Topliss-reactive ketones (excluding diaryl/α,β-unsaturated/α-hetero) is 1. The average molecular weight is 126 g/mol. The molecule has 0 unspecified atom stereocenters. The van der Waals surface area contributed by atoms with E-state index in [4.69, 9.17) is 0 Å². The fraction of sp³-hybridized carbons (Fsp3) is 0.833. The van der Waals surface area contributed by atoms with E-state index in [0.29, 0.717) is 6.42 Å². The molecule has 1 aliphatic heterocycles. The highest BCUT2D eigenvalue weighted by Gasteiger charge is 2.33. The summed E-state index contributed by atoms with van der Waals surface area (Å²) in [6.45, 7) is 3.52. The molecule has 0 saturated carbocycles. The zero-order valence-corrected chi connectivity index (χ0v) is 5.72. The van der Waals surface area contributed by atoms with Gasteiger partial charge in [0, 0.05) is 12.8 Å². The van der Waals surface area contributed by atoms with Crippen LogP contribution in [0.15, 0.2) is 10.2 Å². The maximum absolute atomic E-state index is 10.4. The summed E-state index contributed by atoms with van der Waals surface area (Å²) in [5.74, 6) is 0.216. The first-order valence-electron chi connectivity index (χ1n) is 3.06. The number of hydrogen-bond donors (Lipinski definition) is 0. The maximum atomic E-state index is 10.4. The van der Waals surface area contributed by atoms with Crippen LogP contribution in [-0.4, -0.2) is 11.4 Å². The molecule has 0 bridgehead atoms. The lowest BCUT2D eigenvalue weighted by Gasteiger charge is -1.98. The third kappa shape index (κ3) is 1.91. The first-order chi connectivity index (χ1) is 4.12. The van der Waals surface area contributed by atoms with Crippen molar-refractivity contribution >= 4 is 5.78 Å². The molecule has 0 spiro atoms. The number of nitrogens with zero attached hydrogens (tertiary/aromatic N) is 2. The Morgan fingerprint density at radius 2 is 2.11 bits per heavy atom. The Bertz CT molecular complexity index is 156. The van der Waals surface area contributed by atoms with Gasteiger partial charge in [-0.15, -0.1) is 0 Å². The van der Waals surface area contributed by atoms with E-state index in [1.807, 2.05) is 6.92 Å². The number of carbonyl (C=O) groups excluding carboxylic acids is 1. The van der Waals surface area contributed by atoms with Crippen molar-refractivity contribution in [1.29, 1.82) is 0 Å². The van der Waals surface area contributed by atoms with E-state index in [2.05, 4.69) is 10.2 Å². The first-order valence-corrected chi connectivity index (χ1v) is 3.06. The Kier molecular flexibility index (Phi) is 1.35. The summed E-state index contributed by atoms with van der Waals surface area (Å²) in [4.78, 5) is 10.4. The van der Waals surface area contributed by atoms with Gasteiger partial charge in [-0.25, -0.2) is 0 Å². The first kappa shape index (κ1) is 6.39. The molecule has 1 aliphatic rings. The normalized spacial score (nSPS) is 19.8. The molecule has 0 aliphatic carbocycles. The van der Waals surface area contributed by atoms with Gasteiger partial charge in [-0.1, -0.05) is 0 Å². The van der Waals surface area contributed by atoms with E-state index in [1.54, 1.807) is 6.92 Å². The van der Waals surface area contributed by atoms with Crippen molar-refractivity contribution in [2.45, 2.75) is 32.4 Å². The molecule has 50 valence electrons. The van der Waals surface area contributed by atoms with Crippen LogP contribution in [-0.2, 0) is 4.79 Å². The second-order valence-electron chi connectivity index (χ2n) is 2.62. The largest absolute Gasteiger partial charge is 0.300 e. The van der Waals surface area contributed by atoms with Crippen LogP contribution in [0.2, 0.25) is 0 Å². The van der Waals surface area contributed by atoms with Crippen LogP contribution in [0.5, 0.6) is 0 Å². The van der Waals surface area contributed by atoms with Crippen LogP contribution in [0.3, 0.4) is 0 Å². The minimum Gasteiger partial charge on any atom is -0.300 e. The van der Waals surface area contributed by atoms with E-state index in [1.165, 1.54) is 0 Å². The summed E-state index contributed by atoms with van der Waals surface area (Å²) in [5, 5.41) is 7.56. The van der Waals surface area contributed by atoms with Gasteiger partial charge in [0.1, 0.15) is 5.78 Å². The Morgan fingerprint density at radius 1 is 1.56 bits per heavy atom. The van der Waals surface area contributed by atoms with Crippen LogP contribution < -0.4 is 0 Å². The van der Waals surface area contributed by atoms with Gasteiger partial charge in [-0.2, -0.15) is 10.2 Å². The molecule has 0 aromatic rings. The molecule has 0 N–H and O–H groups in total. The highest BCUT2D eigenvalue weighted by molar-refractivity contribution is 5.75. The van der Waals surface area contributed by atoms with Gasteiger partial charge in [0.15, 0.2) is 5.66 Å². The summed E-state index contributed by atoms with van der Waals surface area (Å²) >= 11 is 0. The van der Waals surface area contributed by atoms with Gasteiger partial charge >= 0.3 is 0 Å². The lowest BCUT2D eigenvalue weighted by molar-refractivity contribution is -0.117. The smallest absolute Gasteiger partial charge is 0.188 e. The quantitative estimate of drug-likeness (QED) is 0.565. The maximum Gasteiger partial charge on any atom is 0.188 e. The van der Waals surface area contributed by atoms with Crippen LogP contribution in [0.25, 0.3) is 0 Å². The summed E-state index contributed by atoms with van der Waals surface area (Å²) < 4.78 is 0. The van der Waals surface area contributed by atoms with Crippen molar-refractivity contribution in [3.63, 3.8) is 0 Å². The van der Waals surface area contributed by atoms with Crippen molar-refractivity contribution in [1.82, 2.24) is 0 Å². The van der Waals surface area contributed by atoms with Crippen molar-refractivity contribution < 1.29 is 4.79 Å². The van der Waals surface area contributed by atoms with Crippen LogP contribution in [0, 0.1) is 0 Å². The van der Waals surface area contributed by atoms with E-state index in [9.17, 15) is 4.79 Å². The Balaban J connectivity index is 2.13. The highest BCUT2D eigenvalue weighted by atomic mass is 16.1. The summed E-state index contributed by atoms with van der Waals surface area (Å²) in [6.07, 6.45) is 1.38. The highest BCUT2D eigenvalue weighted by Crippen LogP contribution is 2.31. The zero-order valence-electron chi connectivity index (χ0n) is 5.72. The van der Waals surface area contributed by atoms with Gasteiger partial charge in [-0.3, -0.25) is 0 Å². The molecular weight excluding hydrogens is 116 g/mol. The number of carbonyl (C=O) groups is 1. The lowest BCUT2D eigenvalue weighted by atomic mass is 10.1. The van der Waals surface area contributed by atoms with Crippen LogP contribution in [0.1, 0.15) is 26.7 Å². The molecule has 3 nitrogen and oxygen atoms in total. The monoisotopic (exact) mass is 126 g/mol. The van der Waals surface area contributed by atoms with Gasteiger partial charge < -0.3 is 4.79 Å². The van der Waals surface area contributed by atoms with Gasteiger partial charge in [0.05, 0.1) is 0 Å². The number of hydrogen-bond acceptors (Lipinski definition) is 3. The topological polar surface area (TPSA) is 41.8 Å². The predicted molar refractivity (Wildman–Crippen MR) is 33.2 cm³/mol. The fourth-order valence-electron chi connectivity index (χ4n) is 0.598. The van der Waals surface area contributed by atoms with Crippen molar-refractivity contribution in [3.8, 4) is 0 Å². The number of ketones is 1. The molecule has 9 heavy (non-hydrogen) atoms. The van der Waals surface area contributed by atoms with Crippen molar-refractivity contribution in [3.05, 3.63) is 0 Å². The van der Waals surface area contributed by atoms with Crippen LogP contribution in [0.4, 0.5) is 0 Å². The van der Waals surface area contributed by atoms with Crippen molar-refractivity contribution in [2.75, 3.05) is 0 Å². The minimum atomic E-state index is -0.189. The lowest BCUT2D eigenvalue weighted by Crippen LogP contribution is -2.05. The minimum absolute atomic E-state index is 0.189. The second-order valence-corrected chi connectivity index (χ2v) is 2.62. The molecule has 0 saturated heterocycles. The van der Waals surface area contributed by atoms with Crippen LogP contribution >= 0.6 is 0 Å². The molecule has 0 aromatic heterocycles. The fourth-order valence-corrected chi connectivity index (χ4v) is 0.598. The van der Waals surface area contributed by atoms with E-state index < -0.39 is 0 Å². The molecule has 1 rings (SSSR count). The Hall–Kier alpha value is -0.730. The van der Waals surface area contributed by atoms with Gasteiger partial charge in [0.25, 0.3) is 0 Å². The molecule has 0 amide bonds. The Labute approximate surface area is 54.2 Å². The molecule has 0 fully saturated rings. The third-order valence-corrected chi connectivity index (χ3v) is 1.39. The molecule has 0 atom stereocenters. The van der Waals surface area contributed by atoms with E-state index in [-0.39, 0.29) is 11.4 Å². The summed E-state index contributed by atoms with van der Waals surface area (Å²) in [5.41, 5.74) is -0.189. The second kappa shape index (κ2) is 1.90. The summed E-state index contributed by atoms with van der Waals surface area (Å²) in [6, 6.07) is 0. The molecule has 0 aromatic carbocycles. The molecular formula is C6H10N2O. The standard InChI is InChI=1S/C6H10N2O/c1-5(9)3-4-6(2)7-8-6/h3-4H2,1-2H3. The van der Waals surface area contributed by atoms with E-state index >= 15 is 0 Å². The summed E-state index contributed by atoms with van der Waals surface area (Å²) in [7, 11) is 0. The van der Waals surface area contributed by atoms with Gasteiger partial charge in [-0.05, 0) is 13.8 Å². The predicted octanol–water partition coefficient (Wildman–Crippen LogP) is 1.54. The van der Waals surface area contributed by atoms with Crippen molar-refractivity contribution in [2.24, 2.45) is 10.2 Å². The molecule has 3 heteroatoms.